The van der Waals surface area contributed by atoms with E-state index in [-0.39, 0.29) is 17.2 Å². The third-order valence-corrected chi connectivity index (χ3v) is 8.07. The predicted octanol–water partition coefficient (Wildman–Crippen LogP) is 4.45. The van der Waals surface area contributed by atoms with Crippen molar-refractivity contribution in [2.45, 2.75) is 82.0 Å². The molecule has 1 amide bonds. The van der Waals surface area contributed by atoms with Gasteiger partial charge in [0.15, 0.2) is 5.16 Å². The zero-order valence-corrected chi connectivity index (χ0v) is 18.5. The van der Waals surface area contributed by atoms with Gasteiger partial charge in [-0.25, -0.2) is 4.98 Å². The third-order valence-electron chi connectivity index (χ3n) is 5.90. The first-order valence-corrected chi connectivity index (χ1v) is 12.6. The van der Waals surface area contributed by atoms with Crippen LogP contribution in [0.15, 0.2) is 22.6 Å². The standard InChI is InChI=1S/C22H29N3O2S2/c1-2-13-25-21(27)19-16-11-7-4-8-12-17(16)29-20(19)24-22(25)28-14-18(26)23-15-9-5-3-6-10-15/h2,15H,1,3-14H2,(H,23,26). The fourth-order valence-corrected chi connectivity index (χ4v) is 6.57. The molecule has 0 aromatic carbocycles. The van der Waals surface area contributed by atoms with Crippen molar-refractivity contribution in [3.8, 4) is 0 Å². The number of hydrogen-bond acceptors (Lipinski definition) is 5. The lowest BCUT2D eigenvalue weighted by molar-refractivity contribution is -0.119. The molecule has 2 aromatic rings. The van der Waals surface area contributed by atoms with Crippen molar-refractivity contribution in [3.05, 3.63) is 33.4 Å². The molecule has 0 spiro atoms. The Morgan fingerprint density at radius 1 is 1.21 bits per heavy atom. The number of amides is 1. The van der Waals surface area contributed by atoms with Gasteiger partial charge in [0, 0.05) is 17.5 Å². The highest BCUT2D eigenvalue weighted by Gasteiger charge is 2.22. The van der Waals surface area contributed by atoms with E-state index in [1.165, 1.54) is 54.3 Å². The predicted molar refractivity (Wildman–Crippen MR) is 121 cm³/mol. The molecule has 1 fully saturated rings. The van der Waals surface area contributed by atoms with E-state index in [0.717, 1.165) is 42.3 Å². The van der Waals surface area contributed by atoms with Gasteiger partial charge in [-0.2, -0.15) is 0 Å². The van der Waals surface area contributed by atoms with Crippen molar-refractivity contribution < 1.29 is 4.79 Å². The van der Waals surface area contributed by atoms with Crippen LogP contribution in [0.3, 0.4) is 0 Å². The van der Waals surface area contributed by atoms with E-state index < -0.39 is 0 Å². The van der Waals surface area contributed by atoms with E-state index >= 15 is 0 Å². The van der Waals surface area contributed by atoms with Gasteiger partial charge in [-0.1, -0.05) is 43.5 Å². The van der Waals surface area contributed by atoms with Crippen LogP contribution in [0.4, 0.5) is 0 Å². The minimum absolute atomic E-state index is 0.0180. The summed E-state index contributed by atoms with van der Waals surface area (Å²) in [5, 5.41) is 4.57. The van der Waals surface area contributed by atoms with Crippen LogP contribution in [0.1, 0.15) is 61.8 Å². The van der Waals surface area contributed by atoms with Gasteiger partial charge in [-0.15, -0.1) is 17.9 Å². The van der Waals surface area contributed by atoms with Crippen molar-refractivity contribution in [1.82, 2.24) is 14.9 Å². The van der Waals surface area contributed by atoms with Gasteiger partial charge >= 0.3 is 0 Å². The number of aromatic nitrogens is 2. The molecule has 1 saturated carbocycles. The van der Waals surface area contributed by atoms with Crippen molar-refractivity contribution in [3.63, 3.8) is 0 Å². The molecule has 2 aromatic heterocycles. The quantitative estimate of drug-likeness (QED) is 0.318. The summed E-state index contributed by atoms with van der Waals surface area (Å²) in [6.45, 7) is 4.22. The Morgan fingerprint density at radius 3 is 2.76 bits per heavy atom. The number of fused-ring (bicyclic) bond motifs is 3. The van der Waals surface area contributed by atoms with E-state index in [9.17, 15) is 9.59 Å². The van der Waals surface area contributed by atoms with E-state index in [1.54, 1.807) is 22.0 Å². The van der Waals surface area contributed by atoms with Crippen molar-refractivity contribution in [1.29, 1.82) is 0 Å². The Hall–Kier alpha value is -1.60. The number of nitrogens with one attached hydrogen (secondary N) is 1. The first kappa shape index (κ1) is 20.7. The summed E-state index contributed by atoms with van der Waals surface area (Å²) in [6.07, 6.45) is 13.1. The minimum atomic E-state index is 0.0180. The molecule has 7 heteroatoms. The number of nitrogens with zero attached hydrogens (tertiary/aromatic N) is 2. The van der Waals surface area contributed by atoms with Gasteiger partial charge in [0.1, 0.15) is 4.83 Å². The summed E-state index contributed by atoms with van der Waals surface area (Å²) in [6, 6.07) is 0.301. The lowest BCUT2D eigenvalue weighted by Gasteiger charge is -2.22. The molecule has 0 unspecified atom stereocenters. The summed E-state index contributed by atoms with van der Waals surface area (Å²) in [4.78, 5) is 32.7. The SMILES string of the molecule is C=CCn1c(SCC(=O)NC2CCCCC2)nc2sc3c(c2c1=O)CCCCC3. The van der Waals surface area contributed by atoms with Gasteiger partial charge in [-0.05, 0) is 44.1 Å². The van der Waals surface area contributed by atoms with Crippen LogP contribution in [-0.2, 0) is 24.2 Å². The zero-order chi connectivity index (χ0) is 20.2. The van der Waals surface area contributed by atoms with Crippen LogP contribution >= 0.6 is 23.1 Å². The van der Waals surface area contributed by atoms with Crippen LogP contribution in [0.5, 0.6) is 0 Å². The van der Waals surface area contributed by atoms with Crippen molar-refractivity contribution in [2.24, 2.45) is 0 Å². The second kappa shape index (κ2) is 9.47. The fourth-order valence-electron chi connectivity index (χ4n) is 4.44. The number of thiophene rings is 1. The molecular weight excluding hydrogens is 402 g/mol. The Labute approximate surface area is 180 Å². The van der Waals surface area contributed by atoms with Gasteiger partial charge in [-0.3, -0.25) is 14.2 Å². The molecular formula is C22H29N3O2S2. The molecule has 156 valence electrons. The number of rotatable bonds is 6. The van der Waals surface area contributed by atoms with Gasteiger partial charge < -0.3 is 5.32 Å². The van der Waals surface area contributed by atoms with Crippen LogP contribution in [0, 0.1) is 0 Å². The molecule has 0 bridgehead atoms. The maximum absolute atomic E-state index is 13.3. The largest absolute Gasteiger partial charge is 0.353 e. The Bertz CT molecular complexity index is 957. The summed E-state index contributed by atoms with van der Waals surface area (Å²) >= 11 is 3.03. The molecule has 5 nitrogen and oxygen atoms in total. The molecule has 4 rings (SSSR count). The highest BCUT2D eigenvalue weighted by molar-refractivity contribution is 7.99. The molecule has 1 N–H and O–H groups in total. The van der Waals surface area contributed by atoms with E-state index in [2.05, 4.69) is 11.9 Å². The average molecular weight is 432 g/mol. The maximum atomic E-state index is 13.3. The first-order valence-electron chi connectivity index (χ1n) is 10.8. The molecule has 0 atom stereocenters. The number of carbonyl (C=O) groups is 1. The molecule has 2 heterocycles. The lowest BCUT2D eigenvalue weighted by Crippen LogP contribution is -2.37. The zero-order valence-electron chi connectivity index (χ0n) is 16.9. The summed E-state index contributed by atoms with van der Waals surface area (Å²) in [7, 11) is 0. The summed E-state index contributed by atoms with van der Waals surface area (Å²) in [5.41, 5.74) is 1.23. The second-order valence-corrected chi connectivity index (χ2v) is 10.1. The van der Waals surface area contributed by atoms with Crippen molar-refractivity contribution in [2.75, 3.05) is 5.75 Å². The van der Waals surface area contributed by atoms with Crippen LogP contribution < -0.4 is 10.9 Å². The Balaban J connectivity index is 1.58. The minimum Gasteiger partial charge on any atom is -0.353 e. The molecule has 2 aliphatic carbocycles. The van der Waals surface area contributed by atoms with Gasteiger partial charge in [0.25, 0.3) is 5.56 Å². The fraction of sp³-hybridized carbons (Fsp3) is 0.591. The first-order chi connectivity index (χ1) is 14.2. The van der Waals surface area contributed by atoms with E-state index in [0.29, 0.717) is 17.7 Å². The van der Waals surface area contributed by atoms with Gasteiger partial charge in [0.2, 0.25) is 5.91 Å². The molecule has 2 aliphatic rings. The normalized spacial score (nSPS) is 17.7. The van der Waals surface area contributed by atoms with Gasteiger partial charge in [0.05, 0.1) is 11.1 Å². The van der Waals surface area contributed by atoms with E-state index in [4.69, 9.17) is 4.98 Å². The summed E-state index contributed by atoms with van der Waals surface area (Å²) in [5.74, 6) is 0.319. The number of aryl methyl sites for hydroxylation is 2. The smallest absolute Gasteiger partial charge is 0.263 e. The number of thioether (sulfide) groups is 1. The Morgan fingerprint density at radius 2 is 1.97 bits per heavy atom. The highest BCUT2D eigenvalue weighted by Crippen LogP contribution is 2.34. The topological polar surface area (TPSA) is 64.0 Å². The van der Waals surface area contributed by atoms with Crippen molar-refractivity contribution >= 4 is 39.2 Å². The number of hydrogen-bond donors (Lipinski definition) is 1. The monoisotopic (exact) mass is 431 g/mol. The highest BCUT2D eigenvalue weighted by atomic mass is 32.2. The second-order valence-electron chi connectivity index (χ2n) is 8.03. The number of carbonyl (C=O) groups excluding carboxylic acids is 1. The maximum Gasteiger partial charge on any atom is 0.263 e. The number of allylic oxidation sites excluding steroid dienone is 1. The molecule has 0 aliphatic heterocycles. The van der Waals surface area contributed by atoms with E-state index in [1.807, 2.05) is 0 Å². The third kappa shape index (κ3) is 4.61. The van der Waals surface area contributed by atoms with Crippen LogP contribution in [0.25, 0.3) is 10.2 Å². The average Bonchev–Trinajstić information content (AvgIpc) is 2.91. The molecule has 0 saturated heterocycles. The van der Waals surface area contributed by atoms with Crippen LogP contribution in [0.2, 0.25) is 0 Å². The lowest BCUT2D eigenvalue weighted by atomic mass is 9.95. The van der Waals surface area contributed by atoms with Crippen LogP contribution in [-0.4, -0.2) is 27.3 Å². The molecule has 0 radical (unpaired) electrons. The molecule has 29 heavy (non-hydrogen) atoms. The Kier molecular flexibility index (Phi) is 6.75. The summed E-state index contributed by atoms with van der Waals surface area (Å²) < 4.78 is 1.69.